The Balaban J connectivity index is 2.18. The third-order valence-electron chi connectivity index (χ3n) is 3.65. The Bertz CT molecular complexity index is 528. The van der Waals surface area contributed by atoms with Gasteiger partial charge in [0.1, 0.15) is 11.6 Å². The van der Waals surface area contributed by atoms with Crippen LogP contribution in [0, 0.1) is 0 Å². The van der Waals surface area contributed by atoms with Crippen LogP contribution in [0.4, 0.5) is 0 Å². The molecule has 0 spiro atoms. The number of carboxylic acid groups (broad SMARTS) is 1. The fourth-order valence-corrected chi connectivity index (χ4v) is 2.51. The van der Waals surface area contributed by atoms with Crippen LogP contribution in [0.25, 0.3) is 0 Å². The molecular formula is C13H21N5O3. The van der Waals surface area contributed by atoms with Crippen molar-refractivity contribution >= 4 is 11.9 Å². The SMILES string of the molecule is CCNC(=O)C1CNCCN1Cc1c(C(=O)O)cnn1C. The van der Waals surface area contributed by atoms with Crippen LogP contribution in [0.2, 0.25) is 0 Å². The molecule has 1 atom stereocenters. The van der Waals surface area contributed by atoms with Gasteiger partial charge in [-0.05, 0) is 6.92 Å². The van der Waals surface area contributed by atoms with Crippen molar-refractivity contribution in [2.45, 2.75) is 19.5 Å². The molecule has 2 rings (SSSR count). The quantitative estimate of drug-likeness (QED) is 0.646. The molecule has 1 amide bonds. The van der Waals surface area contributed by atoms with Gasteiger partial charge in [-0.25, -0.2) is 4.79 Å². The van der Waals surface area contributed by atoms with Crippen molar-refractivity contribution < 1.29 is 14.7 Å². The van der Waals surface area contributed by atoms with Crippen molar-refractivity contribution in [3.63, 3.8) is 0 Å². The largest absolute Gasteiger partial charge is 0.478 e. The van der Waals surface area contributed by atoms with Gasteiger partial charge < -0.3 is 15.7 Å². The van der Waals surface area contributed by atoms with Gasteiger partial charge in [-0.1, -0.05) is 0 Å². The molecule has 0 aromatic carbocycles. The number of aromatic carboxylic acids is 1. The Morgan fingerprint density at radius 3 is 3.00 bits per heavy atom. The van der Waals surface area contributed by atoms with Crippen molar-refractivity contribution in [1.82, 2.24) is 25.3 Å². The third kappa shape index (κ3) is 3.40. The van der Waals surface area contributed by atoms with Gasteiger partial charge in [0, 0.05) is 39.8 Å². The van der Waals surface area contributed by atoms with Crippen molar-refractivity contribution in [2.75, 3.05) is 26.2 Å². The van der Waals surface area contributed by atoms with Crippen molar-refractivity contribution in [1.29, 1.82) is 0 Å². The summed E-state index contributed by atoms with van der Waals surface area (Å²) in [5.41, 5.74) is 0.796. The van der Waals surface area contributed by atoms with E-state index in [-0.39, 0.29) is 17.5 Å². The number of carboxylic acids is 1. The topological polar surface area (TPSA) is 99.5 Å². The highest BCUT2D eigenvalue weighted by Gasteiger charge is 2.30. The first-order valence-corrected chi connectivity index (χ1v) is 7.01. The third-order valence-corrected chi connectivity index (χ3v) is 3.65. The number of nitrogens with zero attached hydrogens (tertiary/aromatic N) is 3. The summed E-state index contributed by atoms with van der Waals surface area (Å²) in [5.74, 6) is -1.04. The molecule has 0 bridgehead atoms. The van der Waals surface area contributed by atoms with Crippen molar-refractivity contribution in [3.8, 4) is 0 Å². The second-order valence-electron chi connectivity index (χ2n) is 5.02. The summed E-state index contributed by atoms with van der Waals surface area (Å²) >= 11 is 0. The highest BCUT2D eigenvalue weighted by Crippen LogP contribution is 2.14. The van der Waals surface area contributed by atoms with Crippen LogP contribution in [0.5, 0.6) is 0 Å². The van der Waals surface area contributed by atoms with E-state index in [0.717, 1.165) is 6.54 Å². The number of piperazine rings is 1. The minimum absolute atomic E-state index is 0.0382. The standard InChI is InChI=1S/C13H21N5O3/c1-3-15-12(19)10-7-14-4-5-18(10)8-11-9(13(20)21)6-16-17(11)2/h6,10,14H,3-5,7-8H2,1-2H3,(H,15,19)(H,20,21). The average molecular weight is 295 g/mol. The van der Waals surface area contributed by atoms with E-state index < -0.39 is 5.97 Å². The molecule has 3 N–H and O–H groups in total. The first-order chi connectivity index (χ1) is 10.0. The maximum atomic E-state index is 12.1. The summed E-state index contributed by atoms with van der Waals surface area (Å²) in [5, 5.41) is 19.2. The highest BCUT2D eigenvalue weighted by atomic mass is 16.4. The first kappa shape index (κ1) is 15.5. The number of hydrogen-bond acceptors (Lipinski definition) is 5. The Hall–Kier alpha value is -1.93. The molecule has 1 aliphatic heterocycles. The van der Waals surface area contributed by atoms with Crippen LogP contribution < -0.4 is 10.6 Å². The average Bonchev–Trinajstić information content (AvgIpc) is 2.81. The smallest absolute Gasteiger partial charge is 0.339 e. The molecule has 1 fully saturated rings. The summed E-state index contributed by atoms with van der Waals surface area (Å²) < 4.78 is 1.56. The van der Waals surface area contributed by atoms with Crippen molar-refractivity contribution in [2.24, 2.45) is 7.05 Å². The number of aromatic nitrogens is 2. The molecule has 1 aromatic heterocycles. The molecule has 2 heterocycles. The fraction of sp³-hybridized carbons (Fsp3) is 0.615. The van der Waals surface area contributed by atoms with Gasteiger partial charge in [0.25, 0.3) is 0 Å². The Morgan fingerprint density at radius 1 is 1.57 bits per heavy atom. The lowest BCUT2D eigenvalue weighted by Gasteiger charge is -2.35. The zero-order valence-corrected chi connectivity index (χ0v) is 12.3. The summed E-state index contributed by atoms with van der Waals surface area (Å²) in [6.45, 7) is 4.87. The molecule has 21 heavy (non-hydrogen) atoms. The summed E-state index contributed by atoms with van der Waals surface area (Å²) in [6.07, 6.45) is 1.35. The van der Waals surface area contributed by atoms with E-state index in [1.54, 1.807) is 11.7 Å². The molecular weight excluding hydrogens is 274 g/mol. The Labute approximate surface area is 123 Å². The molecule has 0 aliphatic carbocycles. The number of likely N-dealkylation sites (N-methyl/N-ethyl adjacent to an activating group) is 1. The van der Waals surface area contributed by atoms with Crippen LogP contribution in [-0.2, 0) is 18.4 Å². The molecule has 1 unspecified atom stereocenters. The summed E-state index contributed by atoms with van der Waals surface area (Å²) in [4.78, 5) is 25.3. The van der Waals surface area contributed by atoms with Gasteiger partial charge in [0.15, 0.2) is 0 Å². The Kier molecular flexibility index (Phi) is 4.92. The van der Waals surface area contributed by atoms with Crippen LogP contribution >= 0.6 is 0 Å². The Morgan fingerprint density at radius 2 is 2.33 bits per heavy atom. The van der Waals surface area contributed by atoms with Gasteiger partial charge in [-0.15, -0.1) is 0 Å². The maximum Gasteiger partial charge on any atom is 0.339 e. The van der Waals surface area contributed by atoms with Crippen LogP contribution in [0.3, 0.4) is 0 Å². The molecule has 1 aromatic rings. The van der Waals surface area contributed by atoms with E-state index >= 15 is 0 Å². The molecule has 0 saturated carbocycles. The lowest BCUT2D eigenvalue weighted by molar-refractivity contribution is -0.127. The van der Waals surface area contributed by atoms with Gasteiger partial charge in [0.05, 0.1) is 11.9 Å². The lowest BCUT2D eigenvalue weighted by atomic mass is 10.1. The van der Waals surface area contributed by atoms with E-state index in [1.807, 2.05) is 11.8 Å². The number of nitrogens with one attached hydrogen (secondary N) is 2. The van der Waals surface area contributed by atoms with Gasteiger partial charge >= 0.3 is 5.97 Å². The normalized spacial score (nSPS) is 19.4. The molecule has 8 nitrogen and oxygen atoms in total. The number of hydrogen-bond donors (Lipinski definition) is 3. The van der Waals surface area contributed by atoms with Crippen LogP contribution in [0.1, 0.15) is 23.0 Å². The van der Waals surface area contributed by atoms with Crippen LogP contribution in [-0.4, -0.2) is 63.9 Å². The monoisotopic (exact) mass is 295 g/mol. The number of carbonyl (C=O) groups is 2. The van der Waals surface area contributed by atoms with E-state index in [1.165, 1.54) is 6.20 Å². The molecule has 8 heteroatoms. The van der Waals surface area contributed by atoms with E-state index in [2.05, 4.69) is 15.7 Å². The minimum Gasteiger partial charge on any atom is -0.478 e. The molecule has 0 radical (unpaired) electrons. The zero-order valence-electron chi connectivity index (χ0n) is 12.3. The van der Waals surface area contributed by atoms with Crippen molar-refractivity contribution in [3.05, 3.63) is 17.5 Å². The highest BCUT2D eigenvalue weighted by molar-refractivity contribution is 5.88. The zero-order chi connectivity index (χ0) is 15.4. The number of aryl methyl sites for hydroxylation is 1. The van der Waals surface area contributed by atoms with E-state index in [0.29, 0.717) is 31.9 Å². The van der Waals surface area contributed by atoms with Gasteiger partial charge in [-0.2, -0.15) is 5.10 Å². The van der Waals surface area contributed by atoms with Gasteiger partial charge in [-0.3, -0.25) is 14.4 Å². The molecule has 1 saturated heterocycles. The maximum absolute atomic E-state index is 12.1. The second-order valence-corrected chi connectivity index (χ2v) is 5.02. The van der Waals surface area contributed by atoms with Crippen LogP contribution in [0.15, 0.2) is 6.20 Å². The van der Waals surface area contributed by atoms with E-state index in [9.17, 15) is 14.7 Å². The number of amides is 1. The van der Waals surface area contributed by atoms with E-state index in [4.69, 9.17) is 0 Å². The summed E-state index contributed by atoms with van der Waals surface area (Å²) in [7, 11) is 1.71. The molecule has 116 valence electrons. The fourth-order valence-electron chi connectivity index (χ4n) is 2.51. The number of carbonyl (C=O) groups excluding carboxylic acids is 1. The minimum atomic E-state index is -0.997. The summed E-state index contributed by atoms with van der Waals surface area (Å²) in [6, 6.07) is -0.296. The predicted octanol–water partition coefficient (Wildman–Crippen LogP) is -0.972. The second kappa shape index (κ2) is 6.68. The first-order valence-electron chi connectivity index (χ1n) is 7.01. The van der Waals surface area contributed by atoms with Gasteiger partial charge in [0.2, 0.25) is 5.91 Å². The lowest BCUT2D eigenvalue weighted by Crippen LogP contribution is -2.57. The molecule has 1 aliphatic rings. The number of rotatable bonds is 5. The predicted molar refractivity (Wildman–Crippen MR) is 75.9 cm³/mol.